The molecule has 4 aromatic rings. The van der Waals surface area contributed by atoms with Gasteiger partial charge in [-0.05, 0) is 55.8 Å². The summed E-state index contributed by atoms with van der Waals surface area (Å²) in [6, 6.07) is 6.91. The summed E-state index contributed by atoms with van der Waals surface area (Å²) in [5, 5.41) is 13.5. The Kier molecular flexibility index (Phi) is 6.59. The van der Waals surface area contributed by atoms with Gasteiger partial charge >= 0.3 is 6.01 Å². The highest BCUT2D eigenvalue weighted by Gasteiger charge is 2.49. The van der Waals surface area contributed by atoms with Crippen molar-refractivity contribution in [2.24, 2.45) is 0 Å². The number of benzene rings is 3. The zero-order valence-electron chi connectivity index (χ0n) is 23.7. The fourth-order valence-corrected chi connectivity index (χ4v) is 8.21. The van der Waals surface area contributed by atoms with Crippen LogP contribution in [0.2, 0.25) is 5.02 Å². The van der Waals surface area contributed by atoms with Crippen LogP contribution in [-0.4, -0.2) is 76.6 Å². The molecule has 5 heterocycles. The van der Waals surface area contributed by atoms with Gasteiger partial charge in [-0.25, -0.2) is 17.6 Å². The quantitative estimate of drug-likeness (QED) is 0.204. The van der Waals surface area contributed by atoms with Crippen molar-refractivity contribution in [3.8, 4) is 22.9 Å². The average molecular weight is 628 g/mol. The Hall–Kier alpha value is -3.41. The molecule has 8 rings (SSSR count). The third-order valence-corrected chi connectivity index (χ3v) is 10.2. The van der Waals surface area contributed by atoms with Gasteiger partial charge in [-0.2, -0.15) is 9.97 Å². The lowest BCUT2D eigenvalue weighted by Crippen LogP contribution is -2.51. The van der Waals surface area contributed by atoms with Crippen LogP contribution in [0.4, 0.5) is 23.4 Å². The molecular formula is C32H30ClF4N5O2. The summed E-state index contributed by atoms with van der Waals surface area (Å²) < 4.78 is 69.0. The Bertz CT molecular complexity index is 1820. The number of hydrogen-bond acceptors (Lipinski definition) is 7. The number of phenolic OH excluding ortho intramolecular Hbond substituents is 1. The molecule has 0 amide bonds. The Labute approximate surface area is 255 Å². The molecule has 1 aromatic heterocycles. The minimum Gasteiger partial charge on any atom is -0.508 e. The number of aromatic nitrogens is 2. The van der Waals surface area contributed by atoms with E-state index < -0.39 is 39.7 Å². The molecule has 0 aliphatic carbocycles. The smallest absolute Gasteiger partial charge is 0.319 e. The Morgan fingerprint density at radius 1 is 1.05 bits per heavy atom. The van der Waals surface area contributed by atoms with E-state index in [0.29, 0.717) is 31.4 Å². The molecule has 2 N–H and O–H groups in total. The van der Waals surface area contributed by atoms with Gasteiger partial charge in [0.1, 0.15) is 35.7 Å². The van der Waals surface area contributed by atoms with Crippen LogP contribution in [0.5, 0.6) is 11.8 Å². The van der Waals surface area contributed by atoms with Crippen LogP contribution < -0.4 is 15.0 Å². The second kappa shape index (κ2) is 10.3. The highest BCUT2D eigenvalue weighted by molar-refractivity contribution is 6.35. The molecule has 4 atom stereocenters. The zero-order valence-corrected chi connectivity index (χ0v) is 24.5. The second-order valence-corrected chi connectivity index (χ2v) is 13.0. The minimum atomic E-state index is -0.987. The first-order valence-electron chi connectivity index (χ1n) is 15.0. The Morgan fingerprint density at radius 3 is 2.64 bits per heavy atom. The number of phenols is 1. The lowest BCUT2D eigenvalue weighted by Gasteiger charge is -2.35. The molecule has 4 saturated heterocycles. The molecule has 4 fully saturated rings. The average Bonchev–Trinajstić information content (AvgIpc) is 3.64. The number of nitrogens with one attached hydrogen (secondary N) is 1. The van der Waals surface area contributed by atoms with Crippen molar-refractivity contribution >= 4 is 39.1 Å². The van der Waals surface area contributed by atoms with E-state index in [-0.39, 0.29) is 58.1 Å². The van der Waals surface area contributed by atoms with Gasteiger partial charge in [0.05, 0.1) is 15.9 Å². The largest absolute Gasteiger partial charge is 0.508 e. The van der Waals surface area contributed by atoms with Crippen LogP contribution in [-0.2, 0) is 0 Å². The number of rotatable bonds is 5. The van der Waals surface area contributed by atoms with Crippen molar-refractivity contribution in [2.45, 2.75) is 55.9 Å². The summed E-state index contributed by atoms with van der Waals surface area (Å²) in [6.07, 6.45) is 2.95. The van der Waals surface area contributed by atoms with Crippen LogP contribution >= 0.6 is 11.6 Å². The molecule has 2 bridgehead atoms. The SMILES string of the molecule is Oc1cc(-c2c(Cl)c(F)c3c(N4CC5CCC(C4)N5)nc(OC[C@@]45CCCN4C[C@H](F)C5)nc3c2F)c2c(F)cccc2c1. The predicted octanol–water partition coefficient (Wildman–Crippen LogP) is 6.12. The van der Waals surface area contributed by atoms with Crippen molar-refractivity contribution in [3.05, 3.63) is 52.8 Å². The van der Waals surface area contributed by atoms with Crippen LogP contribution in [0.25, 0.3) is 32.8 Å². The molecule has 7 nitrogen and oxygen atoms in total. The van der Waals surface area contributed by atoms with Gasteiger partial charge in [0.2, 0.25) is 0 Å². The summed E-state index contributed by atoms with van der Waals surface area (Å²) in [6.45, 7) is 2.26. The van der Waals surface area contributed by atoms with Crippen molar-refractivity contribution in [1.82, 2.24) is 20.2 Å². The first kappa shape index (κ1) is 28.1. The minimum absolute atomic E-state index is 0.0169. The first-order valence-corrected chi connectivity index (χ1v) is 15.4. The molecule has 0 spiro atoms. The van der Waals surface area contributed by atoms with E-state index in [1.807, 2.05) is 4.90 Å². The maximum atomic E-state index is 16.8. The van der Waals surface area contributed by atoms with Gasteiger partial charge in [-0.1, -0.05) is 23.7 Å². The molecule has 4 aliphatic rings. The van der Waals surface area contributed by atoms with Crippen molar-refractivity contribution < 1.29 is 27.4 Å². The van der Waals surface area contributed by atoms with E-state index >= 15 is 13.2 Å². The number of ether oxygens (including phenoxy) is 1. The summed E-state index contributed by atoms with van der Waals surface area (Å²) in [5.74, 6) is -2.72. The van der Waals surface area contributed by atoms with Crippen LogP contribution in [0, 0.1) is 17.5 Å². The van der Waals surface area contributed by atoms with Crippen molar-refractivity contribution in [1.29, 1.82) is 0 Å². The fraction of sp³-hybridized carbons (Fsp3) is 0.438. The number of piperazine rings is 1. The van der Waals surface area contributed by atoms with Gasteiger partial charge in [0.15, 0.2) is 11.6 Å². The monoisotopic (exact) mass is 627 g/mol. The topological polar surface area (TPSA) is 73.8 Å². The summed E-state index contributed by atoms with van der Waals surface area (Å²) in [5.41, 5.74) is -1.39. The normalized spacial score (nSPS) is 26.7. The number of anilines is 1. The lowest BCUT2D eigenvalue weighted by atomic mass is 9.95. The third-order valence-electron chi connectivity index (χ3n) is 9.86. The van der Waals surface area contributed by atoms with Crippen LogP contribution in [0.1, 0.15) is 32.1 Å². The number of fused-ring (bicyclic) bond motifs is 5. The van der Waals surface area contributed by atoms with Crippen molar-refractivity contribution in [2.75, 3.05) is 37.7 Å². The summed E-state index contributed by atoms with van der Waals surface area (Å²) >= 11 is 6.58. The van der Waals surface area contributed by atoms with Crippen LogP contribution in [0.3, 0.4) is 0 Å². The number of aromatic hydroxyl groups is 1. The van der Waals surface area contributed by atoms with Gasteiger partial charge in [-0.15, -0.1) is 0 Å². The van der Waals surface area contributed by atoms with E-state index in [4.69, 9.17) is 16.3 Å². The lowest BCUT2D eigenvalue weighted by molar-refractivity contribution is 0.107. The molecule has 0 radical (unpaired) electrons. The van der Waals surface area contributed by atoms with Crippen molar-refractivity contribution in [3.63, 3.8) is 0 Å². The zero-order chi connectivity index (χ0) is 30.3. The Balaban J connectivity index is 1.31. The highest BCUT2D eigenvalue weighted by atomic mass is 35.5. The fourth-order valence-electron chi connectivity index (χ4n) is 7.93. The second-order valence-electron chi connectivity index (χ2n) is 12.6. The van der Waals surface area contributed by atoms with Gasteiger partial charge < -0.3 is 20.1 Å². The third kappa shape index (κ3) is 4.38. The number of hydrogen-bond donors (Lipinski definition) is 2. The molecule has 4 aliphatic heterocycles. The Morgan fingerprint density at radius 2 is 1.84 bits per heavy atom. The van der Waals surface area contributed by atoms with Crippen LogP contribution in [0.15, 0.2) is 30.3 Å². The molecule has 0 saturated carbocycles. The van der Waals surface area contributed by atoms with E-state index in [1.54, 1.807) is 6.07 Å². The predicted molar refractivity (Wildman–Crippen MR) is 160 cm³/mol. The van der Waals surface area contributed by atoms with E-state index in [2.05, 4.69) is 20.2 Å². The number of nitrogens with zero attached hydrogens (tertiary/aromatic N) is 4. The first-order chi connectivity index (χ1) is 21.2. The molecule has 3 aromatic carbocycles. The molecule has 230 valence electrons. The molecule has 12 heteroatoms. The highest BCUT2D eigenvalue weighted by Crippen LogP contribution is 2.46. The summed E-state index contributed by atoms with van der Waals surface area (Å²) in [4.78, 5) is 13.0. The van der Waals surface area contributed by atoms with E-state index in [0.717, 1.165) is 38.3 Å². The van der Waals surface area contributed by atoms with Gasteiger partial charge in [0, 0.05) is 54.7 Å². The molecule has 2 unspecified atom stereocenters. The number of halogens is 5. The maximum absolute atomic E-state index is 16.8. The van der Waals surface area contributed by atoms with Gasteiger partial charge in [-0.3, -0.25) is 4.90 Å². The van der Waals surface area contributed by atoms with Gasteiger partial charge in [0.25, 0.3) is 0 Å². The van der Waals surface area contributed by atoms with E-state index in [1.165, 1.54) is 18.2 Å². The van der Waals surface area contributed by atoms with E-state index in [9.17, 15) is 9.50 Å². The maximum Gasteiger partial charge on any atom is 0.319 e. The molecular weight excluding hydrogens is 598 g/mol. The summed E-state index contributed by atoms with van der Waals surface area (Å²) in [7, 11) is 0. The molecule has 44 heavy (non-hydrogen) atoms. The number of alkyl halides is 1. The standard InChI is InChI=1S/C32H30ClF4N5O2/c33-26-24(21-10-20(43)9-16-3-1-4-22(35)23(16)21)28(37)29-25(27(26)36)30(41-13-18-5-6-19(14-41)38-18)40-31(39-29)44-15-32-7-2-8-42(32)12-17(34)11-32/h1,3-4,9-10,17-19,38,43H,2,5-8,11-15H2/t17-,18?,19?,32+/m1/s1.